The molecule has 0 aromatic heterocycles. The van der Waals surface area contributed by atoms with Crippen molar-refractivity contribution in [3.63, 3.8) is 0 Å². The van der Waals surface area contributed by atoms with E-state index in [0.717, 1.165) is 63.5 Å². The first-order valence-electron chi connectivity index (χ1n) is 7.54. The standard InChI is InChI=1S/C15H28O3S/c1-2-3-8-12-15(18)19-13-10-7-5-4-6-9-11-14(16)17/h2-13H2,1H3,(H,16,17). The fourth-order valence-electron chi connectivity index (χ4n) is 1.86. The molecule has 0 aliphatic carbocycles. The molecule has 0 bridgehead atoms. The molecule has 0 aliphatic rings. The Bertz CT molecular complexity index is 242. The van der Waals surface area contributed by atoms with E-state index in [0.29, 0.717) is 11.5 Å². The summed E-state index contributed by atoms with van der Waals surface area (Å²) < 4.78 is 0. The van der Waals surface area contributed by atoms with Crippen LogP contribution in [0.25, 0.3) is 0 Å². The molecule has 0 spiro atoms. The molecule has 0 aromatic rings. The zero-order chi connectivity index (χ0) is 14.3. The third-order valence-electron chi connectivity index (χ3n) is 3.03. The van der Waals surface area contributed by atoms with E-state index in [1.807, 2.05) is 0 Å². The molecule has 0 aromatic carbocycles. The number of thioether (sulfide) groups is 1. The summed E-state index contributed by atoms with van der Waals surface area (Å²) in [5.41, 5.74) is 0. The molecule has 0 rings (SSSR count). The van der Waals surface area contributed by atoms with Gasteiger partial charge in [-0.05, 0) is 19.3 Å². The molecule has 4 heteroatoms. The first kappa shape index (κ1) is 18.5. The van der Waals surface area contributed by atoms with Crippen LogP contribution in [0, 0.1) is 0 Å². The Balaban J connectivity index is 3.13. The van der Waals surface area contributed by atoms with Crippen LogP contribution in [0.2, 0.25) is 0 Å². The fourth-order valence-corrected chi connectivity index (χ4v) is 2.73. The van der Waals surface area contributed by atoms with Crippen LogP contribution in [-0.4, -0.2) is 21.9 Å². The lowest BCUT2D eigenvalue weighted by molar-refractivity contribution is -0.137. The van der Waals surface area contributed by atoms with Gasteiger partial charge in [-0.1, -0.05) is 57.2 Å². The van der Waals surface area contributed by atoms with Crippen LogP contribution in [0.5, 0.6) is 0 Å². The van der Waals surface area contributed by atoms with Crippen molar-refractivity contribution < 1.29 is 14.7 Å². The van der Waals surface area contributed by atoms with E-state index in [-0.39, 0.29) is 0 Å². The van der Waals surface area contributed by atoms with Gasteiger partial charge in [-0.3, -0.25) is 9.59 Å². The summed E-state index contributed by atoms with van der Waals surface area (Å²) in [6.07, 6.45) is 10.7. The zero-order valence-corrected chi connectivity index (χ0v) is 13.0. The molecule has 112 valence electrons. The van der Waals surface area contributed by atoms with Crippen molar-refractivity contribution in [2.75, 3.05) is 5.75 Å². The molecule has 1 N–H and O–H groups in total. The Hall–Kier alpha value is -0.510. The second-order valence-electron chi connectivity index (χ2n) is 4.94. The number of aliphatic carboxylic acids is 1. The third kappa shape index (κ3) is 15.4. The Morgan fingerprint density at radius 2 is 1.42 bits per heavy atom. The number of carboxylic acids is 1. The summed E-state index contributed by atoms with van der Waals surface area (Å²) in [6, 6.07) is 0. The first-order chi connectivity index (χ1) is 9.16. The van der Waals surface area contributed by atoms with E-state index in [9.17, 15) is 9.59 Å². The predicted octanol–water partition coefficient (Wildman–Crippen LogP) is 4.64. The molecular weight excluding hydrogens is 260 g/mol. The molecule has 0 saturated heterocycles. The van der Waals surface area contributed by atoms with E-state index in [1.165, 1.54) is 18.2 Å². The number of hydrogen-bond donors (Lipinski definition) is 1. The highest BCUT2D eigenvalue weighted by atomic mass is 32.2. The van der Waals surface area contributed by atoms with E-state index in [1.54, 1.807) is 0 Å². The molecule has 0 atom stereocenters. The van der Waals surface area contributed by atoms with E-state index >= 15 is 0 Å². The van der Waals surface area contributed by atoms with Gasteiger partial charge < -0.3 is 5.11 Å². The molecular formula is C15H28O3S. The molecule has 19 heavy (non-hydrogen) atoms. The Morgan fingerprint density at radius 1 is 0.842 bits per heavy atom. The number of unbranched alkanes of at least 4 members (excludes halogenated alkanes) is 7. The van der Waals surface area contributed by atoms with Gasteiger partial charge in [0.15, 0.2) is 5.12 Å². The Kier molecular flexibility index (Phi) is 13.5. The van der Waals surface area contributed by atoms with Crippen molar-refractivity contribution in [1.82, 2.24) is 0 Å². The van der Waals surface area contributed by atoms with Gasteiger partial charge >= 0.3 is 5.97 Å². The molecule has 0 heterocycles. The highest BCUT2D eigenvalue weighted by Gasteiger charge is 2.02. The largest absolute Gasteiger partial charge is 0.481 e. The summed E-state index contributed by atoms with van der Waals surface area (Å²) in [5.74, 6) is 0.248. The van der Waals surface area contributed by atoms with Crippen LogP contribution in [-0.2, 0) is 9.59 Å². The normalized spacial score (nSPS) is 10.6. The summed E-state index contributed by atoms with van der Waals surface area (Å²) in [6.45, 7) is 2.15. The maximum absolute atomic E-state index is 11.5. The SMILES string of the molecule is CCCCCC(=O)SCCCCCCCCC(=O)O. The van der Waals surface area contributed by atoms with Gasteiger partial charge in [0, 0.05) is 18.6 Å². The van der Waals surface area contributed by atoms with E-state index in [4.69, 9.17) is 5.11 Å². The van der Waals surface area contributed by atoms with Crippen LogP contribution in [0.3, 0.4) is 0 Å². The van der Waals surface area contributed by atoms with Gasteiger partial charge in [-0.25, -0.2) is 0 Å². The average molecular weight is 288 g/mol. The van der Waals surface area contributed by atoms with Crippen molar-refractivity contribution in [2.24, 2.45) is 0 Å². The monoisotopic (exact) mass is 288 g/mol. The van der Waals surface area contributed by atoms with Gasteiger partial charge in [0.25, 0.3) is 0 Å². The van der Waals surface area contributed by atoms with Crippen molar-refractivity contribution in [3.8, 4) is 0 Å². The van der Waals surface area contributed by atoms with Gasteiger partial charge in [0.2, 0.25) is 0 Å². The molecule has 0 saturated carbocycles. The van der Waals surface area contributed by atoms with Crippen LogP contribution in [0.4, 0.5) is 0 Å². The number of hydrogen-bond acceptors (Lipinski definition) is 3. The molecule has 0 amide bonds. The number of carboxylic acid groups (broad SMARTS) is 1. The average Bonchev–Trinajstić information content (AvgIpc) is 2.36. The maximum Gasteiger partial charge on any atom is 0.303 e. The van der Waals surface area contributed by atoms with E-state index in [2.05, 4.69) is 6.92 Å². The van der Waals surface area contributed by atoms with Crippen LogP contribution in [0.15, 0.2) is 0 Å². The molecule has 0 fully saturated rings. The van der Waals surface area contributed by atoms with Crippen molar-refractivity contribution >= 4 is 22.8 Å². The van der Waals surface area contributed by atoms with Crippen LogP contribution in [0.1, 0.15) is 77.6 Å². The second-order valence-corrected chi connectivity index (χ2v) is 6.09. The number of carbonyl (C=O) groups is 2. The quantitative estimate of drug-likeness (QED) is 0.501. The van der Waals surface area contributed by atoms with E-state index < -0.39 is 5.97 Å². The molecule has 0 unspecified atom stereocenters. The summed E-state index contributed by atoms with van der Waals surface area (Å²) >= 11 is 1.48. The Morgan fingerprint density at radius 3 is 2.05 bits per heavy atom. The first-order valence-corrected chi connectivity index (χ1v) is 8.52. The second kappa shape index (κ2) is 13.9. The third-order valence-corrected chi connectivity index (χ3v) is 4.05. The summed E-state index contributed by atoms with van der Waals surface area (Å²) in [5, 5.41) is 8.82. The fraction of sp³-hybridized carbons (Fsp3) is 0.867. The van der Waals surface area contributed by atoms with Gasteiger partial charge in [-0.15, -0.1) is 0 Å². The summed E-state index contributed by atoms with van der Waals surface area (Å²) in [4.78, 5) is 21.8. The number of carbonyl (C=O) groups excluding carboxylic acids is 1. The van der Waals surface area contributed by atoms with Crippen molar-refractivity contribution in [3.05, 3.63) is 0 Å². The van der Waals surface area contributed by atoms with Gasteiger partial charge in [0.05, 0.1) is 0 Å². The Labute approximate surface area is 121 Å². The van der Waals surface area contributed by atoms with Crippen molar-refractivity contribution in [1.29, 1.82) is 0 Å². The number of rotatable bonds is 13. The molecule has 0 radical (unpaired) electrons. The lowest BCUT2D eigenvalue weighted by Gasteiger charge is -2.02. The lowest BCUT2D eigenvalue weighted by Crippen LogP contribution is -1.94. The van der Waals surface area contributed by atoms with Crippen molar-refractivity contribution in [2.45, 2.75) is 77.6 Å². The zero-order valence-electron chi connectivity index (χ0n) is 12.2. The predicted molar refractivity (Wildman–Crippen MR) is 81.6 cm³/mol. The van der Waals surface area contributed by atoms with Crippen LogP contribution >= 0.6 is 11.8 Å². The van der Waals surface area contributed by atoms with Gasteiger partial charge in [-0.2, -0.15) is 0 Å². The minimum Gasteiger partial charge on any atom is -0.481 e. The summed E-state index contributed by atoms with van der Waals surface area (Å²) in [7, 11) is 0. The van der Waals surface area contributed by atoms with Crippen LogP contribution < -0.4 is 0 Å². The smallest absolute Gasteiger partial charge is 0.303 e. The molecule has 3 nitrogen and oxygen atoms in total. The topological polar surface area (TPSA) is 54.4 Å². The molecule has 0 aliphatic heterocycles. The minimum absolute atomic E-state index is 0.294. The van der Waals surface area contributed by atoms with Gasteiger partial charge in [0.1, 0.15) is 0 Å². The maximum atomic E-state index is 11.5. The highest BCUT2D eigenvalue weighted by Crippen LogP contribution is 2.14. The lowest BCUT2D eigenvalue weighted by atomic mass is 10.1. The minimum atomic E-state index is -0.696. The highest BCUT2D eigenvalue weighted by molar-refractivity contribution is 8.13.